The third kappa shape index (κ3) is 5.36. The Bertz CT molecular complexity index is 1070. The molecule has 9 heteroatoms. The molecule has 0 bridgehead atoms. The van der Waals surface area contributed by atoms with Gasteiger partial charge in [-0.15, -0.1) is 0 Å². The predicted octanol–water partition coefficient (Wildman–Crippen LogP) is 3.19. The van der Waals surface area contributed by atoms with Gasteiger partial charge in [0, 0.05) is 50.1 Å². The Morgan fingerprint density at radius 3 is 2.25 bits per heavy atom. The van der Waals surface area contributed by atoms with Gasteiger partial charge >= 0.3 is 0 Å². The molecule has 3 aromatic rings. The van der Waals surface area contributed by atoms with Gasteiger partial charge in [0.1, 0.15) is 23.1 Å². The van der Waals surface area contributed by atoms with E-state index in [2.05, 4.69) is 37.3 Å². The number of aryl methyl sites for hydroxylation is 1. The van der Waals surface area contributed by atoms with Crippen LogP contribution in [0.2, 0.25) is 0 Å². The summed E-state index contributed by atoms with van der Waals surface area (Å²) in [4.78, 5) is 14.1. The van der Waals surface area contributed by atoms with E-state index in [0.717, 1.165) is 60.6 Å². The summed E-state index contributed by atoms with van der Waals surface area (Å²) in [7, 11) is 5.42. The van der Waals surface area contributed by atoms with Gasteiger partial charge < -0.3 is 24.6 Å². The van der Waals surface area contributed by atoms with Gasteiger partial charge in [-0.25, -0.2) is 9.97 Å². The zero-order valence-electron chi connectivity index (χ0n) is 18.9. The van der Waals surface area contributed by atoms with E-state index in [1.54, 1.807) is 14.2 Å². The first-order chi connectivity index (χ1) is 15.5. The van der Waals surface area contributed by atoms with Crippen LogP contribution >= 0.6 is 0 Å². The van der Waals surface area contributed by atoms with E-state index in [9.17, 15) is 0 Å². The number of methoxy groups -OCH3 is 2. The molecule has 1 aliphatic rings. The second-order valence-electron chi connectivity index (χ2n) is 7.80. The molecule has 0 unspecified atom stereocenters. The van der Waals surface area contributed by atoms with Gasteiger partial charge in [-0.3, -0.25) is 5.10 Å². The predicted molar refractivity (Wildman–Crippen MR) is 127 cm³/mol. The number of hydrogen-bond donors (Lipinski definition) is 2. The lowest BCUT2D eigenvalue weighted by molar-refractivity contribution is 0.312. The first kappa shape index (κ1) is 21.6. The van der Waals surface area contributed by atoms with Crippen molar-refractivity contribution in [2.45, 2.75) is 6.92 Å². The van der Waals surface area contributed by atoms with Crippen LogP contribution in [0.5, 0.6) is 11.5 Å². The highest BCUT2D eigenvalue weighted by Gasteiger charge is 2.17. The van der Waals surface area contributed by atoms with Gasteiger partial charge in [0.05, 0.1) is 14.2 Å². The molecular weight excluding hydrogens is 406 g/mol. The molecule has 0 radical (unpaired) electrons. The Hall–Kier alpha value is -3.59. The minimum atomic E-state index is 0.609. The van der Waals surface area contributed by atoms with Gasteiger partial charge in [0.2, 0.25) is 0 Å². The third-order valence-corrected chi connectivity index (χ3v) is 5.32. The molecule has 1 saturated heterocycles. The third-order valence-electron chi connectivity index (χ3n) is 5.32. The molecule has 0 spiro atoms. The van der Waals surface area contributed by atoms with Crippen molar-refractivity contribution in [3.05, 3.63) is 47.4 Å². The van der Waals surface area contributed by atoms with Crippen molar-refractivity contribution in [2.75, 3.05) is 57.7 Å². The summed E-state index contributed by atoms with van der Waals surface area (Å²) in [6.07, 6.45) is 3.85. The lowest BCUT2D eigenvalue weighted by Crippen LogP contribution is -2.44. The highest BCUT2D eigenvalue weighted by atomic mass is 16.5. The number of nitrogens with zero attached hydrogens (tertiary/aromatic N) is 5. The van der Waals surface area contributed by atoms with E-state index in [1.165, 1.54) is 0 Å². The number of nitrogens with one attached hydrogen (secondary N) is 2. The molecule has 1 aromatic carbocycles. The number of benzene rings is 1. The van der Waals surface area contributed by atoms with Crippen LogP contribution in [0.3, 0.4) is 0 Å². The first-order valence-electron chi connectivity index (χ1n) is 10.5. The van der Waals surface area contributed by atoms with Crippen LogP contribution in [-0.2, 0) is 0 Å². The minimum Gasteiger partial charge on any atom is -0.497 e. The molecule has 0 atom stereocenters. The number of aromatic nitrogens is 4. The second kappa shape index (κ2) is 9.69. The minimum absolute atomic E-state index is 0.609. The van der Waals surface area contributed by atoms with E-state index >= 15 is 0 Å². The SMILES string of the molecule is COc1cc(C=Cc2nc(Nc3cc(C)[nH]n3)cc(N3CCN(C)CC3)n2)cc(OC)c1. The summed E-state index contributed by atoms with van der Waals surface area (Å²) >= 11 is 0. The van der Waals surface area contributed by atoms with Crippen LogP contribution in [0.4, 0.5) is 17.5 Å². The number of hydrogen-bond acceptors (Lipinski definition) is 8. The molecule has 3 heterocycles. The Balaban J connectivity index is 1.64. The standard InChI is InChI=1S/C23H29N7O2/c1-16-11-22(28-27-16)25-21-15-23(30-9-7-29(2)8-10-30)26-20(24-21)6-5-17-12-18(31-3)14-19(13-17)32-4/h5-6,11-15H,7-10H2,1-4H3,(H2,24,25,26,27,28). The molecule has 168 valence electrons. The van der Waals surface area contributed by atoms with Gasteiger partial charge in [0.15, 0.2) is 11.6 Å². The smallest absolute Gasteiger partial charge is 0.156 e. The molecule has 9 nitrogen and oxygen atoms in total. The van der Waals surface area contributed by atoms with Crippen LogP contribution in [0.1, 0.15) is 17.1 Å². The van der Waals surface area contributed by atoms with Crippen LogP contribution in [0, 0.1) is 6.92 Å². The van der Waals surface area contributed by atoms with Gasteiger partial charge in [-0.2, -0.15) is 5.10 Å². The van der Waals surface area contributed by atoms with Crippen LogP contribution in [0.25, 0.3) is 12.2 Å². The second-order valence-corrected chi connectivity index (χ2v) is 7.80. The number of rotatable bonds is 7. The van der Waals surface area contributed by atoms with E-state index in [0.29, 0.717) is 11.6 Å². The average Bonchev–Trinajstić information content (AvgIpc) is 3.22. The molecule has 1 aliphatic heterocycles. The number of H-pyrrole nitrogens is 1. The Morgan fingerprint density at radius 2 is 1.62 bits per heavy atom. The van der Waals surface area contributed by atoms with Crippen molar-refractivity contribution >= 4 is 29.6 Å². The van der Waals surface area contributed by atoms with E-state index < -0.39 is 0 Å². The Kier molecular flexibility index (Phi) is 6.55. The van der Waals surface area contributed by atoms with Crippen LogP contribution in [-0.4, -0.2) is 72.5 Å². The summed E-state index contributed by atoms with van der Waals surface area (Å²) in [6.45, 7) is 5.81. The van der Waals surface area contributed by atoms with Crippen molar-refractivity contribution in [2.24, 2.45) is 0 Å². The number of piperazine rings is 1. The molecule has 2 aromatic heterocycles. The molecule has 0 saturated carbocycles. The zero-order valence-corrected chi connectivity index (χ0v) is 18.9. The summed E-state index contributed by atoms with van der Waals surface area (Å²) < 4.78 is 10.7. The molecule has 0 aliphatic carbocycles. The fraction of sp³-hybridized carbons (Fsp3) is 0.348. The van der Waals surface area contributed by atoms with E-state index in [-0.39, 0.29) is 0 Å². The van der Waals surface area contributed by atoms with E-state index in [4.69, 9.17) is 14.5 Å². The van der Waals surface area contributed by atoms with Crippen LogP contribution in [0.15, 0.2) is 30.3 Å². The highest BCUT2D eigenvalue weighted by Crippen LogP contribution is 2.25. The molecule has 4 rings (SSSR count). The first-order valence-corrected chi connectivity index (χ1v) is 10.5. The maximum atomic E-state index is 5.37. The summed E-state index contributed by atoms with van der Waals surface area (Å²) in [5.74, 6) is 4.38. The van der Waals surface area contributed by atoms with E-state index in [1.807, 2.05) is 49.4 Å². The maximum Gasteiger partial charge on any atom is 0.156 e. The Labute approximate surface area is 188 Å². The Morgan fingerprint density at radius 1 is 0.906 bits per heavy atom. The van der Waals surface area contributed by atoms with Crippen molar-refractivity contribution in [3.8, 4) is 11.5 Å². The highest BCUT2D eigenvalue weighted by molar-refractivity contribution is 5.70. The molecular formula is C23H29N7O2. The maximum absolute atomic E-state index is 5.37. The summed E-state index contributed by atoms with van der Waals surface area (Å²) in [6, 6.07) is 9.64. The van der Waals surface area contributed by atoms with Crippen molar-refractivity contribution in [1.82, 2.24) is 25.1 Å². The molecule has 0 amide bonds. The summed E-state index contributed by atoms with van der Waals surface area (Å²) in [5.41, 5.74) is 1.92. The van der Waals surface area contributed by atoms with Crippen LogP contribution < -0.4 is 19.7 Å². The van der Waals surface area contributed by atoms with Crippen molar-refractivity contribution in [3.63, 3.8) is 0 Å². The lowest BCUT2D eigenvalue weighted by atomic mass is 10.2. The summed E-state index contributed by atoms with van der Waals surface area (Å²) in [5, 5.41) is 10.5. The van der Waals surface area contributed by atoms with Gasteiger partial charge in [-0.05, 0) is 37.7 Å². The molecule has 2 N–H and O–H groups in total. The lowest BCUT2D eigenvalue weighted by Gasteiger charge is -2.33. The fourth-order valence-corrected chi connectivity index (χ4v) is 3.50. The largest absolute Gasteiger partial charge is 0.497 e. The number of anilines is 3. The molecule has 32 heavy (non-hydrogen) atoms. The van der Waals surface area contributed by atoms with Crippen molar-refractivity contribution < 1.29 is 9.47 Å². The van der Waals surface area contributed by atoms with Gasteiger partial charge in [0.25, 0.3) is 0 Å². The number of aromatic amines is 1. The molecule has 1 fully saturated rings. The van der Waals surface area contributed by atoms with Gasteiger partial charge in [-0.1, -0.05) is 6.08 Å². The average molecular weight is 436 g/mol. The normalized spacial score (nSPS) is 14.7. The fourth-order valence-electron chi connectivity index (χ4n) is 3.50. The number of likely N-dealkylation sites (N-methyl/N-ethyl adjacent to an activating group) is 1. The monoisotopic (exact) mass is 435 g/mol. The number of ether oxygens (including phenoxy) is 2. The topological polar surface area (TPSA) is 91.4 Å². The quantitative estimate of drug-likeness (QED) is 0.585. The zero-order chi connectivity index (χ0) is 22.5. The van der Waals surface area contributed by atoms with Crippen molar-refractivity contribution in [1.29, 1.82) is 0 Å².